The molecule has 0 unspecified atom stereocenters. The number of fused-ring (bicyclic) bond motifs is 2. The predicted molar refractivity (Wildman–Crippen MR) is 107 cm³/mol. The zero-order valence-corrected chi connectivity index (χ0v) is 16.1. The Morgan fingerprint density at radius 1 is 1.26 bits per heavy atom. The predicted octanol–water partition coefficient (Wildman–Crippen LogP) is 3.09. The van der Waals surface area contributed by atoms with E-state index in [-0.39, 0.29) is 28.5 Å². The SMILES string of the molecule is COc1ccc2cc([C@@H]3SCC(=O)Nc4c3cnn4C(C)C)c(=O)[nH]c2c1. The molecule has 27 heavy (non-hydrogen) atoms. The van der Waals surface area contributed by atoms with E-state index in [0.29, 0.717) is 22.6 Å². The number of nitrogens with zero attached hydrogens (tertiary/aromatic N) is 2. The average molecular weight is 384 g/mol. The molecule has 0 radical (unpaired) electrons. The van der Waals surface area contributed by atoms with E-state index in [0.717, 1.165) is 10.9 Å². The number of aromatic nitrogens is 3. The molecule has 1 aromatic carbocycles. The lowest BCUT2D eigenvalue weighted by Crippen LogP contribution is -2.17. The number of nitrogens with one attached hydrogen (secondary N) is 2. The Balaban J connectivity index is 1.87. The van der Waals surface area contributed by atoms with Crippen molar-refractivity contribution >= 4 is 34.4 Å². The minimum absolute atomic E-state index is 0.0897. The molecule has 2 aromatic heterocycles. The number of thioether (sulfide) groups is 1. The van der Waals surface area contributed by atoms with Gasteiger partial charge < -0.3 is 15.0 Å². The summed E-state index contributed by atoms with van der Waals surface area (Å²) < 4.78 is 7.01. The fraction of sp³-hybridized carbons (Fsp3) is 0.316. The van der Waals surface area contributed by atoms with Gasteiger partial charge >= 0.3 is 0 Å². The molecule has 1 amide bonds. The van der Waals surface area contributed by atoms with Crippen molar-refractivity contribution in [3.8, 4) is 5.75 Å². The van der Waals surface area contributed by atoms with Crippen molar-refractivity contribution < 1.29 is 9.53 Å². The first-order valence-corrected chi connectivity index (χ1v) is 9.72. The van der Waals surface area contributed by atoms with Crippen LogP contribution in [0.2, 0.25) is 0 Å². The van der Waals surface area contributed by atoms with E-state index in [2.05, 4.69) is 15.4 Å². The van der Waals surface area contributed by atoms with Crippen LogP contribution >= 0.6 is 11.8 Å². The molecule has 0 saturated heterocycles. The summed E-state index contributed by atoms with van der Waals surface area (Å²) in [7, 11) is 1.59. The highest BCUT2D eigenvalue weighted by Gasteiger charge is 2.30. The van der Waals surface area contributed by atoms with Gasteiger partial charge in [-0.2, -0.15) is 5.10 Å². The molecule has 1 atom stereocenters. The average Bonchev–Trinajstić information content (AvgIpc) is 2.98. The second kappa shape index (κ2) is 6.77. The fourth-order valence-electron chi connectivity index (χ4n) is 3.28. The smallest absolute Gasteiger partial charge is 0.253 e. The van der Waals surface area contributed by atoms with Crippen LogP contribution in [0.15, 0.2) is 35.3 Å². The largest absolute Gasteiger partial charge is 0.497 e. The fourth-order valence-corrected chi connectivity index (χ4v) is 4.38. The maximum absolute atomic E-state index is 12.8. The van der Waals surface area contributed by atoms with Crippen LogP contribution in [-0.2, 0) is 4.79 Å². The van der Waals surface area contributed by atoms with Crippen LogP contribution in [-0.4, -0.2) is 33.5 Å². The lowest BCUT2D eigenvalue weighted by Gasteiger charge is -2.15. The van der Waals surface area contributed by atoms with Gasteiger partial charge in [0.1, 0.15) is 11.6 Å². The monoisotopic (exact) mass is 384 g/mol. The number of pyridine rings is 1. The Morgan fingerprint density at radius 2 is 2.07 bits per heavy atom. The van der Waals surface area contributed by atoms with E-state index >= 15 is 0 Å². The molecule has 2 N–H and O–H groups in total. The molecule has 140 valence electrons. The highest BCUT2D eigenvalue weighted by Crippen LogP contribution is 2.41. The molecular weight excluding hydrogens is 364 g/mol. The lowest BCUT2D eigenvalue weighted by atomic mass is 10.1. The summed E-state index contributed by atoms with van der Waals surface area (Å²) in [6, 6.07) is 7.56. The Bertz CT molecular complexity index is 1090. The third-order valence-electron chi connectivity index (χ3n) is 4.60. The highest BCUT2D eigenvalue weighted by atomic mass is 32.2. The van der Waals surface area contributed by atoms with Crippen LogP contribution in [0.1, 0.15) is 36.3 Å². The van der Waals surface area contributed by atoms with E-state index in [1.54, 1.807) is 24.1 Å². The second-order valence-corrected chi connectivity index (χ2v) is 7.83. The van der Waals surface area contributed by atoms with E-state index in [4.69, 9.17) is 4.74 Å². The van der Waals surface area contributed by atoms with Crippen LogP contribution < -0.4 is 15.6 Å². The molecule has 3 heterocycles. The summed E-state index contributed by atoms with van der Waals surface area (Å²) in [6.07, 6.45) is 1.75. The summed E-state index contributed by atoms with van der Waals surface area (Å²) in [5, 5.41) is 7.99. The number of hydrogen-bond acceptors (Lipinski definition) is 5. The topological polar surface area (TPSA) is 89.0 Å². The number of ether oxygens (including phenoxy) is 1. The van der Waals surface area contributed by atoms with Gasteiger partial charge in [-0.1, -0.05) is 0 Å². The first-order chi connectivity index (χ1) is 13.0. The Labute approximate surface area is 160 Å². The van der Waals surface area contributed by atoms with Crippen molar-refractivity contribution in [3.63, 3.8) is 0 Å². The van der Waals surface area contributed by atoms with E-state index in [9.17, 15) is 9.59 Å². The molecule has 1 aliphatic rings. The summed E-state index contributed by atoms with van der Waals surface area (Å²) in [5.41, 5.74) is 2.00. The molecule has 0 bridgehead atoms. The van der Waals surface area contributed by atoms with Gasteiger partial charge in [0, 0.05) is 23.2 Å². The minimum Gasteiger partial charge on any atom is -0.497 e. The molecule has 8 heteroatoms. The Morgan fingerprint density at radius 3 is 2.81 bits per heavy atom. The summed E-state index contributed by atoms with van der Waals surface area (Å²) >= 11 is 1.43. The Kier molecular flexibility index (Phi) is 4.43. The number of rotatable bonds is 3. The zero-order chi connectivity index (χ0) is 19.1. The van der Waals surface area contributed by atoms with Gasteiger partial charge in [0.25, 0.3) is 5.56 Å². The first-order valence-electron chi connectivity index (χ1n) is 8.67. The molecule has 7 nitrogen and oxygen atoms in total. The first kappa shape index (κ1) is 17.7. The van der Waals surface area contributed by atoms with Crippen LogP contribution in [0.5, 0.6) is 5.75 Å². The van der Waals surface area contributed by atoms with Crippen molar-refractivity contribution in [1.82, 2.24) is 14.8 Å². The summed E-state index contributed by atoms with van der Waals surface area (Å²) in [4.78, 5) is 28.0. The lowest BCUT2D eigenvalue weighted by molar-refractivity contribution is -0.113. The van der Waals surface area contributed by atoms with Gasteiger partial charge in [0.15, 0.2) is 0 Å². The third-order valence-corrected chi connectivity index (χ3v) is 5.87. The molecule has 0 spiro atoms. The number of aromatic amines is 1. The number of H-pyrrole nitrogens is 1. The quantitative estimate of drug-likeness (QED) is 0.724. The Hall–Kier alpha value is -2.74. The molecule has 4 rings (SSSR count). The summed E-state index contributed by atoms with van der Waals surface area (Å²) in [5.74, 6) is 1.54. The van der Waals surface area contributed by atoms with Gasteiger partial charge in [-0.15, -0.1) is 11.8 Å². The van der Waals surface area contributed by atoms with Crippen molar-refractivity contribution in [2.75, 3.05) is 18.2 Å². The number of amides is 1. The molecule has 3 aromatic rings. The van der Waals surface area contributed by atoms with Crippen molar-refractivity contribution in [2.24, 2.45) is 0 Å². The van der Waals surface area contributed by atoms with Gasteiger partial charge in [0.2, 0.25) is 5.91 Å². The van der Waals surface area contributed by atoms with Crippen LogP contribution in [0.25, 0.3) is 10.9 Å². The van der Waals surface area contributed by atoms with Gasteiger partial charge in [0.05, 0.1) is 29.8 Å². The van der Waals surface area contributed by atoms with E-state index in [1.807, 2.05) is 32.0 Å². The number of methoxy groups -OCH3 is 1. The van der Waals surface area contributed by atoms with Gasteiger partial charge in [-0.3, -0.25) is 9.59 Å². The van der Waals surface area contributed by atoms with E-state index < -0.39 is 0 Å². The highest BCUT2D eigenvalue weighted by molar-refractivity contribution is 8.00. The van der Waals surface area contributed by atoms with Crippen molar-refractivity contribution in [3.05, 3.63) is 51.9 Å². The van der Waals surface area contributed by atoms with Crippen molar-refractivity contribution in [2.45, 2.75) is 25.1 Å². The van der Waals surface area contributed by atoms with Crippen LogP contribution in [0.3, 0.4) is 0 Å². The maximum Gasteiger partial charge on any atom is 0.253 e. The normalized spacial score (nSPS) is 16.9. The van der Waals surface area contributed by atoms with E-state index in [1.165, 1.54) is 11.8 Å². The molecule has 0 fully saturated rings. The standard InChI is InChI=1S/C19H20N4O3S/c1-10(2)23-18-14(8-20-23)17(27-9-16(24)22-18)13-6-11-4-5-12(26-3)7-15(11)21-19(13)25/h4-8,10,17H,9H2,1-3H3,(H,21,25)(H,22,24)/t17-/m0/s1. The molecule has 1 aliphatic heterocycles. The second-order valence-electron chi connectivity index (χ2n) is 6.73. The molecule has 0 saturated carbocycles. The molecule has 0 aliphatic carbocycles. The van der Waals surface area contributed by atoms with Crippen LogP contribution in [0, 0.1) is 0 Å². The number of carbonyl (C=O) groups is 1. The number of carbonyl (C=O) groups excluding carboxylic acids is 1. The minimum atomic E-state index is -0.276. The van der Waals surface area contributed by atoms with Crippen LogP contribution in [0.4, 0.5) is 5.82 Å². The van der Waals surface area contributed by atoms with Crippen molar-refractivity contribution in [1.29, 1.82) is 0 Å². The number of hydrogen-bond donors (Lipinski definition) is 2. The zero-order valence-electron chi connectivity index (χ0n) is 15.3. The van der Waals surface area contributed by atoms with Gasteiger partial charge in [-0.25, -0.2) is 4.68 Å². The molecular formula is C19H20N4O3S. The number of anilines is 1. The number of benzene rings is 1. The third kappa shape index (κ3) is 3.10. The summed E-state index contributed by atoms with van der Waals surface area (Å²) in [6.45, 7) is 4.01. The van der Waals surface area contributed by atoms with Gasteiger partial charge in [-0.05, 0) is 37.4 Å². The maximum atomic E-state index is 12.8.